The van der Waals surface area contributed by atoms with Crippen LogP contribution in [0.5, 0.6) is 0 Å². The van der Waals surface area contributed by atoms with E-state index < -0.39 is 0 Å². The minimum Gasteiger partial charge on any atom is -0.376 e. The normalized spacial score (nSPS) is 16.1. The van der Waals surface area contributed by atoms with E-state index in [4.69, 9.17) is 4.74 Å². The predicted octanol–water partition coefficient (Wildman–Crippen LogP) is 2.78. The van der Waals surface area contributed by atoms with Crippen molar-refractivity contribution in [1.29, 1.82) is 0 Å². The third kappa shape index (κ3) is 5.21. The van der Waals surface area contributed by atoms with Crippen LogP contribution in [0.4, 0.5) is 0 Å². The Kier molecular flexibility index (Phi) is 6.53. The first-order chi connectivity index (χ1) is 14.3. The number of thioether (sulfide) groups is 1. The topological polar surface area (TPSA) is 81.9 Å². The van der Waals surface area contributed by atoms with E-state index in [1.807, 2.05) is 34.9 Å². The lowest BCUT2D eigenvalue weighted by Crippen LogP contribution is -2.32. The molecule has 0 unspecified atom stereocenters. The molecule has 8 heteroatoms. The van der Waals surface area contributed by atoms with Crippen LogP contribution in [0.2, 0.25) is 0 Å². The van der Waals surface area contributed by atoms with Crippen molar-refractivity contribution in [3.05, 3.63) is 60.4 Å². The molecule has 1 N–H and O–H groups in total. The van der Waals surface area contributed by atoms with Crippen LogP contribution in [0.1, 0.15) is 18.4 Å². The second-order valence-corrected chi connectivity index (χ2v) is 7.78. The van der Waals surface area contributed by atoms with Crippen LogP contribution in [-0.2, 0) is 16.1 Å². The Hall–Kier alpha value is -2.71. The predicted molar refractivity (Wildman–Crippen MR) is 112 cm³/mol. The van der Waals surface area contributed by atoms with Gasteiger partial charge in [-0.1, -0.05) is 42.1 Å². The molecule has 4 rings (SSSR count). The molecule has 0 aliphatic carbocycles. The molecule has 1 aliphatic heterocycles. The molecule has 0 bridgehead atoms. The van der Waals surface area contributed by atoms with Gasteiger partial charge in [-0.2, -0.15) is 0 Å². The third-order valence-electron chi connectivity index (χ3n) is 4.72. The summed E-state index contributed by atoms with van der Waals surface area (Å²) in [7, 11) is 0. The zero-order chi connectivity index (χ0) is 19.9. The molecule has 1 aromatic carbocycles. The van der Waals surface area contributed by atoms with Gasteiger partial charge in [0.1, 0.15) is 0 Å². The van der Waals surface area contributed by atoms with E-state index in [0.29, 0.717) is 18.2 Å². The van der Waals surface area contributed by atoms with E-state index in [9.17, 15) is 4.79 Å². The van der Waals surface area contributed by atoms with Crippen molar-refractivity contribution >= 4 is 17.7 Å². The van der Waals surface area contributed by atoms with Gasteiger partial charge in [0.2, 0.25) is 5.91 Å². The van der Waals surface area contributed by atoms with E-state index in [2.05, 4.69) is 32.6 Å². The number of carbonyl (C=O) groups excluding carboxylic acids is 1. The van der Waals surface area contributed by atoms with Crippen molar-refractivity contribution in [2.24, 2.45) is 0 Å². The molecule has 1 atom stereocenters. The van der Waals surface area contributed by atoms with Crippen LogP contribution in [0.25, 0.3) is 11.4 Å². The van der Waals surface area contributed by atoms with Crippen LogP contribution in [0, 0.1) is 0 Å². The minimum atomic E-state index is -0.0229. The molecule has 0 spiro atoms. The largest absolute Gasteiger partial charge is 0.376 e. The average molecular weight is 410 g/mol. The average Bonchev–Trinajstić information content (AvgIpc) is 3.42. The van der Waals surface area contributed by atoms with Gasteiger partial charge in [0.25, 0.3) is 0 Å². The van der Waals surface area contributed by atoms with Crippen molar-refractivity contribution in [2.75, 3.05) is 18.9 Å². The Morgan fingerprint density at radius 1 is 1.17 bits per heavy atom. The number of amides is 1. The summed E-state index contributed by atoms with van der Waals surface area (Å²) in [5, 5.41) is 12.4. The highest BCUT2D eigenvalue weighted by Gasteiger charge is 2.18. The maximum Gasteiger partial charge on any atom is 0.230 e. The first kappa shape index (κ1) is 19.6. The van der Waals surface area contributed by atoms with Crippen molar-refractivity contribution in [3.63, 3.8) is 0 Å². The zero-order valence-corrected chi connectivity index (χ0v) is 16.8. The maximum atomic E-state index is 12.3. The molecule has 1 fully saturated rings. The van der Waals surface area contributed by atoms with Crippen LogP contribution in [0.3, 0.4) is 0 Å². The fourth-order valence-corrected chi connectivity index (χ4v) is 4.00. The van der Waals surface area contributed by atoms with Gasteiger partial charge in [0.15, 0.2) is 11.0 Å². The standard InChI is InChI=1S/C21H23N5O2S/c27-19(23-13-18-7-4-12-28-18)15-29-21-25-24-20(17-8-10-22-11-9-17)26(21)14-16-5-2-1-3-6-16/h1-3,5-6,8-11,18H,4,7,12-15H2,(H,23,27)/t18-/m0/s1. The summed E-state index contributed by atoms with van der Waals surface area (Å²) in [6, 6.07) is 14.0. The minimum absolute atomic E-state index is 0.0229. The van der Waals surface area contributed by atoms with Crippen LogP contribution in [0.15, 0.2) is 60.0 Å². The van der Waals surface area contributed by atoms with Gasteiger partial charge >= 0.3 is 0 Å². The number of benzene rings is 1. The van der Waals surface area contributed by atoms with E-state index in [0.717, 1.165) is 36.4 Å². The first-order valence-corrected chi connectivity index (χ1v) is 10.7. The summed E-state index contributed by atoms with van der Waals surface area (Å²) in [6.45, 7) is 1.99. The van der Waals surface area contributed by atoms with Gasteiger partial charge in [0.05, 0.1) is 18.4 Å². The van der Waals surface area contributed by atoms with Crippen molar-refractivity contribution in [1.82, 2.24) is 25.1 Å². The SMILES string of the molecule is O=C(CSc1nnc(-c2ccncc2)n1Cc1ccccc1)NC[C@@H]1CCCO1. The van der Waals surface area contributed by atoms with E-state index in [-0.39, 0.29) is 17.8 Å². The van der Waals surface area contributed by atoms with Gasteiger partial charge < -0.3 is 10.1 Å². The molecule has 0 radical (unpaired) electrons. The fourth-order valence-electron chi connectivity index (χ4n) is 3.23. The summed E-state index contributed by atoms with van der Waals surface area (Å²) in [5.74, 6) is 1.03. The van der Waals surface area contributed by atoms with Gasteiger partial charge in [0, 0.05) is 31.1 Å². The van der Waals surface area contributed by atoms with Crippen LogP contribution < -0.4 is 5.32 Å². The maximum absolute atomic E-state index is 12.3. The zero-order valence-electron chi connectivity index (χ0n) is 16.0. The van der Waals surface area contributed by atoms with E-state index >= 15 is 0 Å². The highest BCUT2D eigenvalue weighted by molar-refractivity contribution is 7.99. The van der Waals surface area contributed by atoms with Gasteiger partial charge in [-0.15, -0.1) is 10.2 Å². The number of pyridine rings is 1. The molecule has 1 saturated heterocycles. The third-order valence-corrected chi connectivity index (χ3v) is 5.69. The molecule has 1 amide bonds. The second kappa shape index (κ2) is 9.67. The van der Waals surface area contributed by atoms with Crippen molar-refractivity contribution in [2.45, 2.75) is 30.6 Å². The van der Waals surface area contributed by atoms with Crippen LogP contribution in [-0.4, -0.2) is 50.7 Å². The Morgan fingerprint density at radius 2 is 2.00 bits per heavy atom. The number of carbonyl (C=O) groups is 1. The molecule has 2 aromatic heterocycles. The Bertz CT molecular complexity index is 927. The molecule has 0 saturated carbocycles. The monoisotopic (exact) mass is 409 g/mol. The van der Waals surface area contributed by atoms with E-state index in [1.165, 1.54) is 11.8 Å². The number of rotatable bonds is 8. The highest BCUT2D eigenvalue weighted by atomic mass is 32.2. The summed E-state index contributed by atoms with van der Waals surface area (Å²) in [4.78, 5) is 16.3. The second-order valence-electron chi connectivity index (χ2n) is 6.84. The quantitative estimate of drug-likeness (QED) is 0.576. The molecular formula is C21H23N5O2S. The molecule has 29 heavy (non-hydrogen) atoms. The summed E-state index contributed by atoms with van der Waals surface area (Å²) in [6.07, 6.45) is 5.69. The molecule has 150 valence electrons. The van der Waals surface area contributed by atoms with Gasteiger partial charge in [-0.05, 0) is 30.5 Å². The highest BCUT2D eigenvalue weighted by Crippen LogP contribution is 2.24. The summed E-state index contributed by atoms with van der Waals surface area (Å²) >= 11 is 1.39. The van der Waals surface area contributed by atoms with Crippen molar-refractivity contribution < 1.29 is 9.53 Å². The Morgan fingerprint density at radius 3 is 2.76 bits per heavy atom. The number of nitrogens with one attached hydrogen (secondary N) is 1. The van der Waals surface area contributed by atoms with Crippen LogP contribution >= 0.6 is 11.8 Å². The molecule has 1 aliphatic rings. The summed E-state index contributed by atoms with van der Waals surface area (Å²) in [5.41, 5.74) is 2.09. The number of hydrogen-bond donors (Lipinski definition) is 1. The van der Waals surface area contributed by atoms with Crippen molar-refractivity contribution in [3.8, 4) is 11.4 Å². The molecule has 3 heterocycles. The lowest BCUT2D eigenvalue weighted by molar-refractivity contribution is -0.119. The smallest absolute Gasteiger partial charge is 0.230 e. The molecular weight excluding hydrogens is 386 g/mol. The number of ether oxygens (including phenoxy) is 1. The Labute approximate surface area is 173 Å². The lowest BCUT2D eigenvalue weighted by atomic mass is 10.2. The number of nitrogens with zero attached hydrogens (tertiary/aromatic N) is 4. The number of hydrogen-bond acceptors (Lipinski definition) is 6. The fraction of sp³-hybridized carbons (Fsp3) is 0.333. The number of aromatic nitrogens is 4. The lowest BCUT2D eigenvalue weighted by Gasteiger charge is -2.12. The summed E-state index contributed by atoms with van der Waals surface area (Å²) < 4.78 is 7.60. The Balaban J connectivity index is 1.47. The first-order valence-electron chi connectivity index (χ1n) is 9.68. The van der Waals surface area contributed by atoms with E-state index in [1.54, 1.807) is 12.4 Å². The van der Waals surface area contributed by atoms with Gasteiger partial charge in [-0.25, -0.2) is 0 Å². The molecule has 3 aromatic rings. The van der Waals surface area contributed by atoms with Gasteiger partial charge in [-0.3, -0.25) is 14.3 Å². The molecule has 7 nitrogen and oxygen atoms in total.